The van der Waals surface area contributed by atoms with Crippen molar-refractivity contribution in [2.45, 2.75) is 37.9 Å². The van der Waals surface area contributed by atoms with Gasteiger partial charge in [-0.25, -0.2) is 0 Å². The lowest BCUT2D eigenvalue weighted by atomic mass is 10.1. The van der Waals surface area contributed by atoms with Crippen molar-refractivity contribution in [3.8, 4) is 0 Å². The molecule has 0 unspecified atom stereocenters. The molecule has 5 heteroatoms. The second-order valence-corrected chi connectivity index (χ2v) is 5.81. The molecule has 0 aliphatic rings. The maximum atomic E-state index is 11.9. The van der Waals surface area contributed by atoms with E-state index in [0.29, 0.717) is 18.5 Å². The minimum atomic E-state index is -0.742. The van der Waals surface area contributed by atoms with Gasteiger partial charge in [0, 0.05) is 24.3 Å². The van der Waals surface area contributed by atoms with Crippen molar-refractivity contribution in [2.24, 2.45) is 0 Å². The molecule has 0 bridgehead atoms. The predicted octanol–water partition coefficient (Wildman–Crippen LogP) is 3.31. The normalized spacial score (nSPS) is 10.3. The van der Waals surface area contributed by atoms with Gasteiger partial charge in [-0.3, -0.25) is 9.59 Å². The lowest BCUT2D eigenvalue weighted by molar-refractivity contribution is -0.137. The standard InChI is InChI=1S/C16H23NO3S/c1-21-12-13-7-9-14(10-8-13)16(20)17-11-5-3-2-4-6-15(18)19/h7-10H,2-6,11-12H2,1H3,(H,17,20)(H,18,19). The average Bonchev–Trinajstić information content (AvgIpc) is 2.47. The van der Waals surface area contributed by atoms with Crippen LogP contribution in [0.4, 0.5) is 0 Å². The zero-order valence-electron chi connectivity index (χ0n) is 12.4. The van der Waals surface area contributed by atoms with Gasteiger partial charge in [-0.2, -0.15) is 11.8 Å². The Labute approximate surface area is 130 Å². The molecule has 116 valence electrons. The first-order valence-electron chi connectivity index (χ1n) is 7.21. The number of benzene rings is 1. The molecule has 2 N–H and O–H groups in total. The maximum Gasteiger partial charge on any atom is 0.303 e. The van der Waals surface area contributed by atoms with Crippen LogP contribution in [0, 0.1) is 0 Å². The molecule has 0 atom stereocenters. The Balaban J connectivity index is 2.17. The molecule has 0 aliphatic carbocycles. The Morgan fingerprint density at radius 2 is 1.76 bits per heavy atom. The third-order valence-corrected chi connectivity index (χ3v) is 3.75. The first-order valence-corrected chi connectivity index (χ1v) is 8.60. The molecule has 0 aromatic heterocycles. The van der Waals surface area contributed by atoms with Crippen LogP contribution in [0.1, 0.15) is 48.0 Å². The molecule has 1 aromatic rings. The first kappa shape index (κ1) is 17.6. The summed E-state index contributed by atoms with van der Waals surface area (Å²) in [5.41, 5.74) is 1.91. The summed E-state index contributed by atoms with van der Waals surface area (Å²) >= 11 is 1.76. The van der Waals surface area contributed by atoms with Crippen molar-refractivity contribution in [3.05, 3.63) is 35.4 Å². The van der Waals surface area contributed by atoms with Gasteiger partial charge in [0.05, 0.1) is 0 Å². The molecule has 1 amide bonds. The van der Waals surface area contributed by atoms with Crippen molar-refractivity contribution in [2.75, 3.05) is 12.8 Å². The average molecular weight is 309 g/mol. The van der Waals surface area contributed by atoms with Crippen molar-refractivity contribution >= 4 is 23.6 Å². The Hall–Kier alpha value is -1.49. The first-order chi connectivity index (χ1) is 10.1. The van der Waals surface area contributed by atoms with Gasteiger partial charge in [-0.1, -0.05) is 25.0 Å². The Bertz CT molecular complexity index is 445. The van der Waals surface area contributed by atoms with Crippen LogP contribution in [0.25, 0.3) is 0 Å². The lowest BCUT2D eigenvalue weighted by Crippen LogP contribution is -2.24. The van der Waals surface area contributed by atoms with Gasteiger partial charge in [-0.05, 0) is 36.8 Å². The van der Waals surface area contributed by atoms with Crippen LogP contribution in [-0.2, 0) is 10.5 Å². The highest BCUT2D eigenvalue weighted by Gasteiger charge is 2.04. The van der Waals surface area contributed by atoms with Gasteiger partial charge in [0.15, 0.2) is 0 Å². The summed E-state index contributed by atoms with van der Waals surface area (Å²) in [7, 11) is 0. The SMILES string of the molecule is CSCc1ccc(C(=O)NCCCCCCC(=O)O)cc1. The summed E-state index contributed by atoms with van der Waals surface area (Å²) in [6.45, 7) is 0.637. The summed E-state index contributed by atoms with van der Waals surface area (Å²) in [6, 6.07) is 7.68. The van der Waals surface area contributed by atoms with Crippen LogP contribution in [0.15, 0.2) is 24.3 Å². The van der Waals surface area contributed by atoms with Gasteiger partial charge >= 0.3 is 5.97 Å². The molecular weight excluding hydrogens is 286 g/mol. The monoisotopic (exact) mass is 309 g/mol. The van der Waals surface area contributed by atoms with E-state index < -0.39 is 5.97 Å². The third-order valence-electron chi connectivity index (χ3n) is 3.13. The smallest absolute Gasteiger partial charge is 0.303 e. The fraction of sp³-hybridized carbons (Fsp3) is 0.500. The molecule has 0 heterocycles. The van der Waals surface area contributed by atoms with Crippen molar-refractivity contribution in [1.29, 1.82) is 0 Å². The summed E-state index contributed by atoms with van der Waals surface area (Å²) < 4.78 is 0. The summed E-state index contributed by atoms with van der Waals surface area (Å²) in [6.07, 6.45) is 5.72. The number of unbranched alkanes of at least 4 members (excludes halogenated alkanes) is 3. The number of nitrogens with one attached hydrogen (secondary N) is 1. The maximum absolute atomic E-state index is 11.9. The second-order valence-electron chi connectivity index (χ2n) is 4.94. The van der Waals surface area contributed by atoms with Crippen LogP contribution in [0.2, 0.25) is 0 Å². The molecular formula is C16H23NO3S. The molecule has 0 aliphatic heterocycles. The van der Waals surface area contributed by atoms with E-state index in [2.05, 4.69) is 11.6 Å². The Kier molecular flexibility index (Phi) is 8.59. The van der Waals surface area contributed by atoms with Crippen LogP contribution >= 0.6 is 11.8 Å². The number of hydrogen-bond donors (Lipinski definition) is 2. The van der Waals surface area contributed by atoms with E-state index in [1.54, 1.807) is 11.8 Å². The minimum Gasteiger partial charge on any atom is -0.481 e. The number of hydrogen-bond acceptors (Lipinski definition) is 3. The number of carbonyl (C=O) groups excluding carboxylic acids is 1. The number of rotatable bonds is 10. The van der Waals surface area contributed by atoms with Crippen LogP contribution in [0.5, 0.6) is 0 Å². The van der Waals surface area contributed by atoms with Crippen LogP contribution in [0.3, 0.4) is 0 Å². The van der Waals surface area contributed by atoms with E-state index in [4.69, 9.17) is 5.11 Å². The summed E-state index contributed by atoms with van der Waals surface area (Å²) in [4.78, 5) is 22.2. The molecule has 0 saturated heterocycles. The Morgan fingerprint density at radius 3 is 2.38 bits per heavy atom. The van der Waals surface area contributed by atoms with Crippen LogP contribution < -0.4 is 5.32 Å². The van der Waals surface area contributed by atoms with E-state index in [1.807, 2.05) is 24.3 Å². The van der Waals surface area contributed by atoms with Crippen molar-refractivity contribution < 1.29 is 14.7 Å². The van der Waals surface area contributed by atoms with Gasteiger partial charge in [-0.15, -0.1) is 0 Å². The number of aliphatic carboxylic acids is 1. The highest BCUT2D eigenvalue weighted by atomic mass is 32.2. The molecule has 1 aromatic carbocycles. The highest BCUT2D eigenvalue weighted by molar-refractivity contribution is 7.97. The highest BCUT2D eigenvalue weighted by Crippen LogP contribution is 2.10. The molecule has 0 saturated carbocycles. The van der Waals surface area contributed by atoms with Crippen molar-refractivity contribution in [1.82, 2.24) is 5.32 Å². The minimum absolute atomic E-state index is 0.0452. The summed E-state index contributed by atoms with van der Waals surface area (Å²) in [5.74, 6) is 0.169. The fourth-order valence-electron chi connectivity index (χ4n) is 1.98. The molecule has 0 radical (unpaired) electrons. The molecule has 0 spiro atoms. The van der Waals surface area contributed by atoms with Crippen LogP contribution in [-0.4, -0.2) is 29.8 Å². The van der Waals surface area contributed by atoms with E-state index in [9.17, 15) is 9.59 Å². The molecule has 21 heavy (non-hydrogen) atoms. The van der Waals surface area contributed by atoms with E-state index in [1.165, 1.54) is 5.56 Å². The van der Waals surface area contributed by atoms with Crippen molar-refractivity contribution in [3.63, 3.8) is 0 Å². The zero-order valence-corrected chi connectivity index (χ0v) is 13.2. The van der Waals surface area contributed by atoms with E-state index >= 15 is 0 Å². The molecule has 4 nitrogen and oxygen atoms in total. The largest absolute Gasteiger partial charge is 0.481 e. The predicted molar refractivity (Wildman–Crippen MR) is 86.7 cm³/mol. The van der Waals surface area contributed by atoms with E-state index in [0.717, 1.165) is 25.0 Å². The Morgan fingerprint density at radius 1 is 1.10 bits per heavy atom. The van der Waals surface area contributed by atoms with E-state index in [-0.39, 0.29) is 12.3 Å². The molecule has 0 fully saturated rings. The number of carbonyl (C=O) groups is 2. The zero-order chi connectivity index (χ0) is 15.5. The topological polar surface area (TPSA) is 66.4 Å². The number of thioether (sulfide) groups is 1. The number of carboxylic acids is 1. The number of carboxylic acid groups (broad SMARTS) is 1. The quantitative estimate of drug-likeness (QED) is 0.651. The second kappa shape index (κ2) is 10.3. The number of amides is 1. The summed E-state index contributed by atoms with van der Waals surface area (Å²) in [5, 5.41) is 11.4. The van der Waals surface area contributed by atoms with Gasteiger partial charge in [0.2, 0.25) is 0 Å². The van der Waals surface area contributed by atoms with Gasteiger partial charge < -0.3 is 10.4 Å². The van der Waals surface area contributed by atoms with Gasteiger partial charge in [0.25, 0.3) is 5.91 Å². The molecule has 1 rings (SSSR count). The lowest BCUT2D eigenvalue weighted by Gasteiger charge is -2.06. The van der Waals surface area contributed by atoms with Gasteiger partial charge in [0.1, 0.15) is 0 Å². The third kappa shape index (κ3) is 7.75. The fourth-order valence-corrected chi connectivity index (χ4v) is 2.50.